The Balaban J connectivity index is 1.55. The van der Waals surface area contributed by atoms with E-state index in [4.69, 9.17) is 4.74 Å². The van der Waals surface area contributed by atoms with Crippen LogP contribution in [0.2, 0.25) is 0 Å². The Morgan fingerprint density at radius 3 is 2.27 bits per heavy atom. The number of carboxylic acids is 1. The lowest BCUT2D eigenvalue weighted by Crippen LogP contribution is -2.60. The van der Waals surface area contributed by atoms with Gasteiger partial charge in [0.1, 0.15) is 11.5 Å². The summed E-state index contributed by atoms with van der Waals surface area (Å²) in [5.74, 6) is -2.65. The highest BCUT2D eigenvalue weighted by Crippen LogP contribution is 2.38. The first-order chi connectivity index (χ1) is 14.4. The zero-order chi connectivity index (χ0) is 21.3. The number of rotatable bonds is 3. The van der Waals surface area contributed by atoms with E-state index in [0.29, 0.717) is 5.56 Å². The van der Waals surface area contributed by atoms with Crippen molar-refractivity contribution in [2.75, 3.05) is 19.7 Å². The number of nitrogens with zero attached hydrogens (tertiary/aromatic N) is 2. The van der Waals surface area contributed by atoms with Gasteiger partial charge in [-0.05, 0) is 30.3 Å². The van der Waals surface area contributed by atoms with E-state index in [1.165, 1.54) is 23.1 Å². The summed E-state index contributed by atoms with van der Waals surface area (Å²) in [5.41, 5.74) is -0.536. The lowest BCUT2D eigenvalue weighted by atomic mass is 9.96. The molecule has 2 amide bonds. The maximum absolute atomic E-state index is 13.5. The Hall–Kier alpha value is -3.26. The van der Waals surface area contributed by atoms with Gasteiger partial charge >= 0.3 is 0 Å². The molecule has 0 saturated carbocycles. The molecule has 0 N–H and O–H groups in total. The smallest absolute Gasteiger partial charge is 0.256 e. The molecule has 7 nitrogen and oxygen atoms in total. The zero-order valence-electron chi connectivity index (χ0n) is 16.1. The molecule has 30 heavy (non-hydrogen) atoms. The van der Waals surface area contributed by atoms with Gasteiger partial charge in [0.25, 0.3) is 11.8 Å². The molecule has 2 aromatic rings. The van der Waals surface area contributed by atoms with E-state index < -0.39 is 29.5 Å². The van der Waals surface area contributed by atoms with Gasteiger partial charge in [-0.1, -0.05) is 24.3 Å². The molecule has 0 aromatic heterocycles. The lowest BCUT2D eigenvalue weighted by Gasteiger charge is -2.45. The van der Waals surface area contributed by atoms with Crippen molar-refractivity contribution in [3.63, 3.8) is 0 Å². The Kier molecular flexibility index (Phi) is 5.26. The summed E-state index contributed by atoms with van der Waals surface area (Å²) in [6, 6.07) is 12.6. The van der Waals surface area contributed by atoms with Gasteiger partial charge in [-0.25, -0.2) is 4.39 Å². The van der Waals surface area contributed by atoms with E-state index in [0.717, 1.165) is 0 Å². The minimum atomic E-state index is -1.38. The minimum absolute atomic E-state index is 0.168. The average molecular weight is 411 g/mol. The number of hydrogen-bond donors (Lipinski definition) is 0. The van der Waals surface area contributed by atoms with Gasteiger partial charge in [0.05, 0.1) is 18.6 Å². The van der Waals surface area contributed by atoms with Crippen molar-refractivity contribution in [3.05, 3.63) is 71.5 Å². The molecule has 8 heteroatoms. The van der Waals surface area contributed by atoms with Crippen LogP contribution in [0.5, 0.6) is 0 Å². The first-order valence-corrected chi connectivity index (χ1v) is 9.70. The molecule has 0 unspecified atom stereocenters. The number of carbonyl (C=O) groups excluding carboxylic acids is 3. The summed E-state index contributed by atoms with van der Waals surface area (Å²) in [4.78, 5) is 40.3. The topological polar surface area (TPSA) is 90.0 Å². The predicted molar refractivity (Wildman–Crippen MR) is 102 cm³/mol. The number of hydrogen-bond acceptors (Lipinski definition) is 5. The number of carbonyl (C=O) groups is 3. The summed E-state index contributed by atoms with van der Waals surface area (Å²) in [6.07, 6.45) is 0.493. The molecular formula is C22H20FN2O5-. The molecule has 2 fully saturated rings. The Bertz CT molecular complexity index is 973. The summed E-state index contributed by atoms with van der Waals surface area (Å²) in [7, 11) is 0. The summed E-state index contributed by atoms with van der Waals surface area (Å²) in [5, 5.41) is 11.7. The number of ether oxygens (including phenoxy) is 1. The fraction of sp³-hybridized carbons (Fsp3) is 0.318. The van der Waals surface area contributed by atoms with Gasteiger partial charge in [-0.2, -0.15) is 0 Å². The number of likely N-dealkylation sites (tertiary alicyclic amines) is 1. The predicted octanol–water partition coefficient (Wildman–Crippen LogP) is 1.05. The average Bonchev–Trinajstić information content (AvgIpc) is 3.13. The van der Waals surface area contributed by atoms with Crippen molar-refractivity contribution < 1.29 is 28.6 Å². The third-order valence-corrected chi connectivity index (χ3v) is 5.68. The standard InChI is InChI=1S/C22H21FN2O5/c23-17-8-4-7-16(13-17)19(26)24-11-9-22(10-12-24)25(18(14-30-22)21(28)29)20(27)15-5-2-1-3-6-15/h1-8,13,18H,9-12,14H2,(H,28,29)/p-1/t18-/m0/s1. The van der Waals surface area contributed by atoms with Crippen LogP contribution in [-0.2, 0) is 9.53 Å². The highest BCUT2D eigenvalue weighted by molar-refractivity contribution is 5.97. The molecule has 0 aliphatic carbocycles. The maximum Gasteiger partial charge on any atom is 0.256 e. The van der Waals surface area contributed by atoms with Gasteiger partial charge in [0.2, 0.25) is 0 Å². The van der Waals surface area contributed by atoms with Crippen LogP contribution in [0.4, 0.5) is 4.39 Å². The third kappa shape index (κ3) is 3.54. The summed E-state index contributed by atoms with van der Waals surface area (Å²) < 4.78 is 19.3. The number of halogens is 1. The molecule has 2 aliphatic rings. The van der Waals surface area contributed by atoms with Crippen molar-refractivity contribution >= 4 is 17.8 Å². The van der Waals surface area contributed by atoms with E-state index >= 15 is 0 Å². The van der Waals surface area contributed by atoms with Crippen LogP contribution >= 0.6 is 0 Å². The normalized spacial score (nSPS) is 20.4. The quantitative estimate of drug-likeness (QED) is 0.753. The van der Waals surface area contributed by atoms with Gasteiger partial charge < -0.3 is 19.5 Å². The molecule has 2 aromatic carbocycles. The van der Waals surface area contributed by atoms with E-state index in [1.807, 2.05) is 0 Å². The minimum Gasteiger partial charge on any atom is -0.548 e. The number of benzene rings is 2. The first kappa shape index (κ1) is 20.0. The maximum atomic E-state index is 13.5. The monoisotopic (exact) mass is 411 g/mol. The fourth-order valence-corrected chi connectivity index (χ4v) is 4.13. The van der Waals surface area contributed by atoms with Crippen molar-refractivity contribution in [1.29, 1.82) is 0 Å². The molecule has 0 bridgehead atoms. The van der Waals surface area contributed by atoms with Crippen LogP contribution in [-0.4, -0.2) is 59.0 Å². The van der Waals surface area contributed by atoms with Crippen LogP contribution in [0, 0.1) is 5.82 Å². The largest absolute Gasteiger partial charge is 0.548 e. The Morgan fingerprint density at radius 1 is 0.967 bits per heavy atom. The van der Waals surface area contributed by atoms with E-state index in [9.17, 15) is 23.9 Å². The van der Waals surface area contributed by atoms with Gasteiger partial charge in [0, 0.05) is 37.1 Å². The lowest BCUT2D eigenvalue weighted by molar-refractivity contribution is -0.310. The SMILES string of the molecule is O=C([O-])[C@@H]1COC2(CCN(C(=O)c3cccc(F)c3)CC2)N1C(=O)c1ccccc1. The summed E-state index contributed by atoms with van der Waals surface area (Å²) >= 11 is 0. The van der Waals surface area contributed by atoms with Crippen molar-refractivity contribution in [3.8, 4) is 0 Å². The van der Waals surface area contributed by atoms with Gasteiger partial charge in [-0.15, -0.1) is 0 Å². The molecule has 156 valence electrons. The molecule has 2 saturated heterocycles. The molecular weight excluding hydrogens is 391 g/mol. The fourth-order valence-electron chi connectivity index (χ4n) is 4.13. The van der Waals surface area contributed by atoms with Crippen molar-refractivity contribution in [2.45, 2.75) is 24.6 Å². The zero-order valence-corrected chi connectivity index (χ0v) is 16.1. The third-order valence-electron chi connectivity index (χ3n) is 5.68. The second-order valence-corrected chi connectivity index (χ2v) is 7.44. The molecule has 1 atom stereocenters. The van der Waals surface area contributed by atoms with Crippen LogP contribution < -0.4 is 5.11 Å². The van der Waals surface area contributed by atoms with E-state index in [2.05, 4.69) is 0 Å². The molecule has 2 aliphatic heterocycles. The molecule has 1 spiro atoms. The van der Waals surface area contributed by atoms with Crippen molar-refractivity contribution in [2.24, 2.45) is 0 Å². The second-order valence-electron chi connectivity index (χ2n) is 7.44. The van der Waals surface area contributed by atoms with E-state index in [-0.39, 0.29) is 44.0 Å². The number of piperidine rings is 1. The van der Waals surface area contributed by atoms with Crippen LogP contribution in [0.1, 0.15) is 33.6 Å². The number of aliphatic carboxylic acids is 1. The number of amides is 2. The van der Waals surface area contributed by atoms with Crippen LogP contribution in [0.15, 0.2) is 54.6 Å². The molecule has 4 rings (SSSR count). The van der Waals surface area contributed by atoms with Crippen LogP contribution in [0.3, 0.4) is 0 Å². The van der Waals surface area contributed by atoms with Gasteiger partial charge in [0.15, 0.2) is 0 Å². The highest BCUT2D eigenvalue weighted by atomic mass is 19.1. The van der Waals surface area contributed by atoms with E-state index in [1.54, 1.807) is 41.3 Å². The Morgan fingerprint density at radius 2 is 1.63 bits per heavy atom. The highest BCUT2D eigenvalue weighted by Gasteiger charge is 2.52. The number of carboxylic acid groups (broad SMARTS) is 1. The van der Waals surface area contributed by atoms with Crippen molar-refractivity contribution in [1.82, 2.24) is 9.80 Å². The second kappa shape index (κ2) is 7.87. The summed E-state index contributed by atoms with van der Waals surface area (Å²) in [6.45, 7) is 0.320. The Labute approximate surface area is 172 Å². The van der Waals surface area contributed by atoms with Gasteiger partial charge in [-0.3, -0.25) is 14.5 Å². The molecule has 2 heterocycles. The van der Waals surface area contributed by atoms with Crippen LogP contribution in [0.25, 0.3) is 0 Å². The molecule has 0 radical (unpaired) electrons. The first-order valence-electron chi connectivity index (χ1n) is 9.70.